The van der Waals surface area contributed by atoms with Gasteiger partial charge in [-0.3, -0.25) is 14.5 Å². The monoisotopic (exact) mass is 412 g/mol. The quantitative estimate of drug-likeness (QED) is 0.542. The molecule has 0 unspecified atom stereocenters. The summed E-state index contributed by atoms with van der Waals surface area (Å²) in [5.74, 6) is -0.919. The average Bonchev–Trinajstić information content (AvgIpc) is 3.13. The van der Waals surface area contributed by atoms with Gasteiger partial charge < -0.3 is 4.74 Å². The first-order valence-electron chi connectivity index (χ1n) is 9.06. The fourth-order valence-electron chi connectivity index (χ4n) is 2.99. The number of thiazole rings is 1. The van der Waals surface area contributed by atoms with E-state index in [4.69, 9.17) is 4.74 Å². The molecule has 0 fully saturated rings. The van der Waals surface area contributed by atoms with Crippen molar-refractivity contribution in [3.05, 3.63) is 76.0 Å². The number of anilines is 2. The van der Waals surface area contributed by atoms with Crippen molar-refractivity contribution < 1.29 is 18.7 Å². The lowest BCUT2D eigenvalue weighted by Gasteiger charge is -2.22. The molecule has 0 spiro atoms. The normalized spacial score (nSPS) is 10.6. The van der Waals surface area contributed by atoms with E-state index in [1.165, 1.54) is 30.4 Å². The topological polar surface area (TPSA) is 59.5 Å². The first-order valence-corrected chi connectivity index (χ1v) is 9.94. The summed E-state index contributed by atoms with van der Waals surface area (Å²) in [6, 6.07) is 11.5. The fourth-order valence-corrected chi connectivity index (χ4v) is 3.84. The molecule has 29 heavy (non-hydrogen) atoms. The van der Waals surface area contributed by atoms with E-state index in [0.717, 1.165) is 16.8 Å². The van der Waals surface area contributed by atoms with Crippen LogP contribution in [0.1, 0.15) is 29.3 Å². The molecule has 1 aromatic heterocycles. The lowest BCUT2D eigenvalue weighted by Crippen LogP contribution is -2.24. The lowest BCUT2D eigenvalue weighted by atomic mass is 10.1. The molecule has 0 bridgehead atoms. The van der Waals surface area contributed by atoms with Gasteiger partial charge in [-0.1, -0.05) is 30.3 Å². The van der Waals surface area contributed by atoms with Crippen LogP contribution in [0.25, 0.3) is 0 Å². The van der Waals surface area contributed by atoms with Crippen LogP contribution in [0.2, 0.25) is 0 Å². The molecule has 3 aromatic rings. The second kappa shape index (κ2) is 8.96. The van der Waals surface area contributed by atoms with Crippen molar-refractivity contribution in [3.8, 4) is 0 Å². The molecule has 0 saturated heterocycles. The Morgan fingerprint density at radius 2 is 1.76 bits per heavy atom. The Morgan fingerprint density at radius 1 is 1.10 bits per heavy atom. The number of para-hydroxylation sites is 1. The fraction of sp³-hybridized carbons (Fsp3) is 0.227. The molecule has 0 atom stereocenters. The summed E-state index contributed by atoms with van der Waals surface area (Å²) in [6.45, 7) is 5.40. The van der Waals surface area contributed by atoms with E-state index in [0.29, 0.717) is 16.4 Å². The van der Waals surface area contributed by atoms with Gasteiger partial charge in [0, 0.05) is 12.3 Å². The molecule has 1 amide bonds. The summed E-state index contributed by atoms with van der Waals surface area (Å²) >= 11 is 1.32. The minimum absolute atomic E-state index is 0.00896. The Hall–Kier alpha value is -3.06. The molecule has 3 rings (SSSR count). The maximum Gasteiger partial charge on any atom is 0.310 e. The van der Waals surface area contributed by atoms with Gasteiger partial charge in [0.1, 0.15) is 12.4 Å². The molecule has 0 radical (unpaired) electrons. The molecular weight excluding hydrogens is 391 g/mol. The van der Waals surface area contributed by atoms with Gasteiger partial charge in [-0.05, 0) is 42.7 Å². The molecule has 5 nitrogen and oxygen atoms in total. The summed E-state index contributed by atoms with van der Waals surface area (Å²) in [7, 11) is 0. The highest BCUT2D eigenvalue weighted by molar-refractivity contribution is 7.14. The molecule has 0 aliphatic heterocycles. The van der Waals surface area contributed by atoms with Gasteiger partial charge in [0.15, 0.2) is 5.13 Å². The van der Waals surface area contributed by atoms with Crippen LogP contribution in [0.3, 0.4) is 0 Å². The van der Waals surface area contributed by atoms with E-state index in [-0.39, 0.29) is 24.8 Å². The van der Waals surface area contributed by atoms with Crippen molar-refractivity contribution in [2.24, 2.45) is 0 Å². The molecule has 0 N–H and O–H groups in total. The maximum atomic E-state index is 12.9. The van der Waals surface area contributed by atoms with Crippen molar-refractivity contribution in [1.82, 2.24) is 4.98 Å². The molecule has 0 aliphatic carbocycles. The number of nitrogens with zero attached hydrogens (tertiary/aromatic N) is 2. The van der Waals surface area contributed by atoms with Gasteiger partial charge in [0.2, 0.25) is 5.91 Å². The van der Waals surface area contributed by atoms with Gasteiger partial charge in [0.25, 0.3) is 0 Å². The third-order valence-electron chi connectivity index (χ3n) is 4.35. The zero-order chi connectivity index (χ0) is 21.0. The Kier molecular flexibility index (Phi) is 6.39. The predicted molar refractivity (Wildman–Crippen MR) is 111 cm³/mol. The first kappa shape index (κ1) is 20.7. The van der Waals surface area contributed by atoms with Gasteiger partial charge in [-0.15, -0.1) is 11.3 Å². The van der Waals surface area contributed by atoms with E-state index >= 15 is 0 Å². The molecular formula is C22H21FN2O3S. The Labute approximate surface area is 172 Å². The van der Waals surface area contributed by atoms with E-state index in [1.54, 1.807) is 22.4 Å². The van der Waals surface area contributed by atoms with Gasteiger partial charge in [-0.2, -0.15) is 0 Å². The lowest BCUT2D eigenvalue weighted by molar-refractivity contribution is -0.144. The number of aryl methyl sites for hydroxylation is 2. The number of ether oxygens (including phenoxy) is 1. The summed E-state index contributed by atoms with van der Waals surface area (Å²) < 4.78 is 18.2. The number of aromatic nitrogens is 1. The molecule has 7 heteroatoms. The van der Waals surface area contributed by atoms with E-state index < -0.39 is 5.97 Å². The summed E-state index contributed by atoms with van der Waals surface area (Å²) in [4.78, 5) is 30.4. The largest absolute Gasteiger partial charge is 0.459 e. The minimum Gasteiger partial charge on any atom is -0.459 e. The highest BCUT2D eigenvalue weighted by Crippen LogP contribution is 2.33. The first-order chi connectivity index (χ1) is 13.8. The molecule has 2 aromatic carbocycles. The van der Waals surface area contributed by atoms with Crippen LogP contribution in [0.15, 0.2) is 47.8 Å². The highest BCUT2D eigenvalue weighted by atomic mass is 32.1. The standard InChI is InChI=1S/C22H21FN2O3S/c1-14-5-4-6-15(2)21(14)25(16(3)26)22-24-19(13-29-22)12-28-20(27)11-17-7-9-18(23)10-8-17/h4-10,13H,11-12H2,1-3H3. The average molecular weight is 412 g/mol. The number of hydrogen-bond donors (Lipinski definition) is 0. The Bertz CT molecular complexity index is 1010. The number of hydrogen-bond acceptors (Lipinski definition) is 5. The summed E-state index contributed by atoms with van der Waals surface area (Å²) in [5.41, 5.74) is 4.00. The van der Waals surface area contributed by atoms with Crippen LogP contribution < -0.4 is 4.90 Å². The smallest absolute Gasteiger partial charge is 0.310 e. The molecule has 150 valence electrons. The highest BCUT2D eigenvalue weighted by Gasteiger charge is 2.21. The van der Waals surface area contributed by atoms with Crippen molar-refractivity contribution in [2.45, 2.75) is 33.8 Å². The second-order valence-corrected chi connectivity index (χ2v) is 7.52. The van der Waals surface area contributed by atoms with E-state index in [2.05, 4.69) is 4.98 Å². The van der Waals surface area contributed by atoms with Gasteiger partial charge >= 0.3 is 5.97 Å². The number of amides is 1. The third-order valence-corrected chi connectivity index (χ3v) is 5.23. The maximum absolute atomic E-state index is 12.9. The summed E-state index contributed by atoms with van der Waals surface area (Å²) in [6.07, 6.45) is 0.0548. The predicted octanol–water partition coefficient (Wildman–Crippen LogP) is 4.87. The van der Waals surface area contributed by atoms with Crippen molar-refractivity contribution in [2.75, 3.05) is 4.90 Å². The van der Waals surface area contributed by atoms with Crippen molar-refractivity contribution in [1.29, 1.82) is 0 Å². The zero-order valence-electron chi connectivity index (χ0n) is 16.4. The van der Waals surface area contributed by atoms with Crippen LogP contribution in [0.5, 0.6) is 0 Å². The molecule has 0 saturated carbocycles. The third kappa shape index (κ3) is 5.06. The second-order valence-electron chi connectivity index (χ2n) is 6.68. The Balaban J connectivity index is 1.69. The van der Waals surface area contributed by atoms with Gasteiger partial charge in [0.05, 0.1) is 17.8 Å². The van der Waals surface area contributed by atoms with Crippen LogP contribution in [0.4, 0.5) is 15.2 Å². The minimum atomic E-state index is -0.427. The van der Waals surface area contributed by atoms with Crippen LogP contribution >= 0.6 is 11.3 Å². The van der Waals surface area contributed by atoms with Crippen molar-refractivity contribution >= 4 is 34.0 Å². The van der Waals surface area contributed by atoms with Crippen LogP contribution in [-0.2, 0) is 27.4 Å². The van der Waals surface area contributed by atoms with Crippen LogP contribution in [0, 0.1) is 19.7 Å². The van der Waals surface area contributed by atoms with E-state index in [1.807, 2.05) is 32.0 Å². The molecule has 0 aliphatic rings. The van der Waals surface area contributed by atoms with Crippen LogP contribution in [-0.4, -0.2) is 16.9 Å². The van der Waals surface area contributed by atoms with Crippen molar-refractivity contribution in [3.63, 3.8) is 0 Å². The number of benzene rings is 2. The number of halogens is 1. The summed E-state index contributed by atoms with van der Waals surface area (Å²) in [5, 5.41) is 2.30. The Morgan fingerprint density at radius 3 is 2.38 bits per heavy atom. The number of esters is 1. The molecule has 1 heterocycles. The van der Waals surface area contributed by atoms with E-state index in [9.17, 15) is 14.0 Å². The van der Waals surface area contributed by atoms with Gasteiger partial charge in [-0.25, -0.2) is 9.37 Å². The number of carbonyl (C=O) groups is 2. The number of carbonyl (C=O) groups excluding carboxylic acids is 2. The number of rotatable bonds is 6. The SMILES string of the molecule is CC(=O)N(c1nc(COC(=O)Cc2ccc(F)cc2)cs1)c1c(C)cccc1C. The zero-order valence-corrected chi connectivity index (χ0v) is 17.3.